The smallest absolute Gasteiger partial charge is 0.301 e. The van der Waals surface area contributed by atoms with Crippen molar-refractivity contribution in [2.75, 3.05) is 19.1 Å². The Labute approximate surface area is 201 Å². The fourth-order valence-electron chi connectivity index (χ4n) is 4.99. The Morgan fingerprint density at radius 2 is 1.68 bits per heavy atom. The second-order valence-corrected chi connectivity index (χ2v) is 9.68. The average Bonchev–Trinajstić information content (AvgIpc) is 3.41. The first-order valence-electron chi connectivity index (χ1n) is 11.4. The van der Waals surface area contributed by atoms with Gasteiger partial charge < -0.3 is 14.6 Å². The maximum atomic E-state index is 13.4. The number of methoxy groups -OCH3 is 2. The number of fused-ring (bicyclic) bond motifs is 1. The lowest BCUT2D eigenvalue weighted by Crippen LogP contribution is -2.40. The van der Waals surface area contributed by atoms with Gasteiger partial charge in [0, 0.05) is 5.56 Å². The highest BCUT2D eigenvalue weighted by atomic mass is 32.1. The molecule has 2 aromatic carbocycles. The number of carbonyl (C=O) groups excluding carboxylic acids is 2. The van der Waals surface area contributed by atoms with Crippen LogP contribution in [-0.2, 0) is 9.59 Å². The summed E-state index contributed by atoms with van der Waals surface area (Å²) in [6.45, 7) is 0. The Morgan fingerprint density at radius 3 is 2.35 bits per heavy atom. The van der Waals surface area contributed by atoms with Crippen LogP contribution in [0, 0.1) is 5.92 Å². The predicted molar refractivity (Wildman–Crippen MR) is 132 cm³/mol. The van der Waals surface area contributed by atoms with Gasteiger partial charge in [0.1, 0.15) is 17.3 Å². The Morgan fingerprint density at radius 1 is 1.00 bits per heavy atom. The fourth-order valence-corrected chi connectivity index (χ4v) is 6.02. The van der Waals surface area contributed by atoms with Crippen LogP contribution in [0.25, 0.3) is 16.0 Å². The number of carbonyl (C=O) groups is 2. The van der Waals surface area contributed by atoms with E-state index in [1.807, 2.05) is 18.2 Å². The molecular formula is C26H26N2O5S. The van der Waals surface area contributed by atoms with Crippen molar-refractivity contribution in [2.45, 2.75) is 38.1 Å². The third-order valence-electron chi connectivity index (χ3n) is 6.74. The molecule has 2 heterocycles. The first kappa shape index (κ1) is 22.4. The second kappa shape index (κ2) is 9.10. The van der Waals surface area contributed by atoms with E-state index in [9.17, 15) is 14.7 Å². The van der Waals surface area contributed by atoms with E-state index >= 15 is 0 Å². The standard InChI is InChI=1S/C26H26N2O5S/c1-32-17-10-8-16(9-11-17)23(29)21-22(15-6-4-3-5-7-15)28(25(31)24(21)30)26-27-19-13-12-18(33-2)14-20(19)34-26/h8-15,22,29H,3-7H2,1-2H3/b23-21-. The number of hydrogen-bond acceptors (Lipinski definition) is 7. The maximum Gasteiger partial charge on any atom is 0.301 e. The largest absolute Gasteiger partial charge is 0.507 e. The fraction of sp³-hybridized carbons (Fsp3) is 0.346. The minimum Gasteiger partial charge on any atom is -0.507 e. The zero-order valence-electron chi connectivity index (χ0n) is 19.1. The number of aliphatic hydroxyl groups excluding tert-OH is 1. The minimum atomic E-state index is -0.666. The first-order chi connectivity index (χ1) is 16.5. The van der Waals surface area contributed by atoms with Gasteiger partial charge in [-0.15, -0.1) is 0 Å². The summed E-state index contributed by atoms with van der Waals surface area (Å²) in [6, 6.07) is 11.8. The predicted octanol–water partition coefficient (Wildman–Crippen LogP) is 5.15. The quantitative estimate of drug-likeness (QED) is 0.310. The van der Waals surface area contributed by atoms with Crippen molar-refractivity contribution in [3.05, 3.63) is 53.6 Å². The number of ether oxygens (including phenoxy) is 2. The monoisotopic (exact) mass is 478 g/mol. The molecule has 34 heavy (non-hydrogen) atoms. The molecule has 1 saturated carbocycles. The molecule has 1 aliphatic carbocycles. The summed E-state index contributed by atoms with van der Waals surface area (Å²) < 4.78 is 11.4. The molecule has 1 aliphatic heterocycles. The van der Waals surface area contributed by atoms with E-state index in [2.05, 4.69) is 4.98 Å². The van der Waals surface area contributed by atoms with Crippen LogP contribution in [0.3, 0.4) is 0 Å². The highest BCUT2D eigenvalue weighted by Crippen LogP contribution is 2.43. The topological polar surface area (TPSA) is 89.0 Å². The Bertz CT molecular complexity index is 1270. The van der Waals surface area contributed by atoms with Gasteiger partial charge in [0.25, 0.3) is 5.78 Å². The number of aromatic nitrogens is 1. The van der Waals surface area contributed by atoms with Gasteiger partial charge in [-0.25, -0.2) is 4.98 Å². The summed E-state index contributed by atoms with van der Waals surface area (Å²) in [5.41, 5.74) is 1.38. The summed E-state index contributed by atoms with van der Waals surface area (Å²) in [4.78, 5) is 32.9. The highest BCUT2D eigenvalue weighted by molar-refractivity contribution is 7.22. The lowest BCUT2D eigenvalue weighted by Gasteiger charge is -2.32. The zero-order chi connectivity index (χ0) is 23.8. The number of nitrogens with zero attached hydrogens (tertiary/aromatic N) is 2. The van der Waals surface area contributed by atoms with Crippen LogP contribution in [-0.4, -0.2) is 42.0 Å². The van der Waals surface area contributed by atoms with Crippen LogP contribution in [0.2, 0.25) is 0 Å². The first-order valence-corrected chi connectivity index (χ1v) is 12.2. The molecule has 3 aromatic rings. The number of rotatable bonds is 5. The number of anilines is 1. The molecule has 0 bridgehead atoms. The van der Waals surface area contributed by atoms with Crippen LogP contribution in [0.15, 0.2) is 48.0 Å². The number of ketones is 1. The van der Waals surface area contributed by atoms with Crippen molar-refractivity contribution in [2.24, 2.45) is 5.92 Å². The van der Waals surface area contributed by atoms with E-state index in [1.54, 1.807) is 38.5 Å². The van der Waals surface area contributed by atoms with Crippen LogP contribution >= 0.6 is 11.3 Å². The Kier molecular flexibility index (Phi) is 6.00. The van der Waals surface area contributed by atoms with E-state index in [1.165, 1.54) is 16.2 Å². The lowest BCUT2D eigenvalue weighted by atomic mass is 9.80. The molecule has 1 atom stereocenters. The molecule has 1 amide bonds. The van der Waals surface area contributed by atoms with E-state index in [-0.39, 0.29) is 17.3 Å². The molecule has 1 N–H and O–H groups in total. The van der Waals surface area contributed by atoms with Crippen molar-refractivity contribution in [1.82, 2.24) is 4.98 Å². The zero-order valence-corrected chi connectivity index (χ0v) is 19.9. The molecule has 7 nitrogen and oxygen atoms in total. The van der Waals surface area contributed by atoms with Crippen LogP contribution in [0.1, 0.15) is 37.7 Å². The SMILES string of the molecule is COc1ccc(/C(O)=C2/C(=O)C(=O)N(c3nc4ccc(OC)cc4s3)C2C2CCCCC2)cc1. The van der Waals surface area contributed by atoms with Gasteiger partial charge >= 0.3 is 5.91 Å². The van der Waals surface area contributed by atoms with Crippen molar-refractivity contribution in [3.63, 3.8) is 0 Å². The van der Waals surface area contributed by atoms with Gasteiger partial charge in [-0.2, -0.15) is 0 Å². The van der Waals surface area contributed by atoms with Gasteiger partial charge in [-0.3, -0.25) is 14.5 Å². The number of Topliss-reactive ketones (excluding diaryl/α,β-unsaturated/α-hetero) is 1. The number of thiazole rings is 1. The Balaban J connectivity index is 1.63. The molecule has 1 aromatic heterocycles. The maximum absolute atomic E-state index is 13.4. The molecule has 1 saturated heterocycles. The summed E-state index contributed by atoms with van der Waals surface area (Å²) in [7, 11) is 3.17. The molecule has 2 fully saturated rings. The van der Waals surface area contributed by atoms with Crippen molar-refractivity contribution < 1.29 is 24.2 Å². The van der Waals surface area contributed by atoms with Crippen LogP contribution < -0.4 is 14.4 Å². The molecule has 0 spiro atoms. The van der Waals surface area contributed by atoms with E-state index < -0.39 is 17.7 Å². The lowest BCUT2D eigenvalue weighted by molar-refractivity contribution is -0.132. The molecule has 8 heteroatoms. The average molecular weight is 479 g/mol. The van der Waals surface area contributed by atoms with E-state index in [0.717, 1.165) is 42.3 Å². The minimum absolute atomic E-state index is 0.0705. The van der Waals surface area contributed by atoms with Gasteiger partial charge in [0.15, 0.2) is 5.13 Å². The summed E-state index contributed by atoms with van der Waals surface area (Å²) in [6.07, 6.45) is 4.98. The summed E-state index contributed by atoms with van der Waals surface area (Å²) in [5, 5.41) is 11.7. The normalized spacial score (nSPS) is 20.8. The summed E-state index contributed by atoms with van der Waals surface area (Å²) >= 11 is 1.35. The molecule has 1 unspecified atom stereocenters. The number of benzene rings is 2. The number of hydrogen-bond donors (Lipinski definition) is 1. The van der Waals surface area contributed by atoms with Gasteiger partial charge in [-0.1, -0.05) is 30.6 Å². The van der Waals surface area contributed by atoms with Gasteiger partial charge in [0.2, 0.25) is 0 Å². The molecule has 0 radical (unpaired) electrons. The molecule has 5 rings (SSSR count). The third kappa shape index (κ3) is 3.81. The van der Waals surface area contributed by atoms with Gasteiger partial charge in [-0.05, 0) is 61.2 Å². The van der Waals surface area contributed by atoms with Gasteiger partial charge in [0.05, 0.1) is 36.1 Å². The van der Waals surface area contributed by atoms with Crippen LogP contribution in [0.4, 0.5) is 5.13 Å². The molecule has 2 aliphatic rings. The number of amides is 1. The summed E-state index contributed by atoms with van der Waals surface area (Å²) in [5.74, 6) is -0.0424. The molecule has 176 valence electrons. The van der Waals surface area contributed by atoms with Crippen LogP contribution in [0.5, 0.6) is 11.5 Å². The number of aliphatic hydroxyl groups is 1. The van der Waals surface area contributed by atoms with E-state index in [0.29, 0.717) is 22.2 Å². The van der Waals surface area contributed by atoms with Crippen molar-refractivity contribution in [3.8, 4) is 11.5 Å². The van der Waals surface area contributed by atoms with Crippen molar-refractivity contribution >= 4 is 44.1 Å². The highest BCUT2D eigenvalue weighted by Gasteiger charge is 2.50. The second-order valence-electron chi connectivity index (χ2n) is 8.67. The van der Waals surface area contributed by atoms with Crippen molar-refractivity contribution in [1.29, 1.82) is 0 Å². The Hall–Kier alpha value is -3.39. The van der Waals surface area contributed by atoms with E-state index in [4.69, 9.17) is 9.47 Å². The molecular weight excluding hydrogens is 452 g/mol. The third-order valence-corrected chi connectivity index (χ3v) is 7.75.